The summed E-state index contributed by atoms with van der Waals surface area (Å²) in [5, 5.41) is 3.35. The maximum absolute atomic E-state index is 13.5. The van der Waals surface area contributed by atoms with E-state index in [0.29, 0.717) is 21.3 Å². The van der Waals surface area contributed by atoms with Gasteiger partial charge < -0.3 is 5.32 Å². The Labute approximate surface area is 192 Å². The number of amides is 1. The van der Waals surface area contributed by atoms with E-state index in [0.717, 1.165) is 11.1 Å². The van der Waals surface area contributed by atoms with Crippen molar-refractivity contribution in [1.29, 1.82) is 0 Å². The van der Waals surface area contributed by atoms with Gasteiger partial charge in [-0.3, -0.25) is 4.79 Å². The summed E-state index contributed by atoms with van der Waals surface area (Å²) in [5.41, 5.74) is 2.65. The van der Waals surface area contributed by atoms with Gasteiger partial charge in [0.1, 0.15) is 0 Å². The Morgan fingerprint density at radius 2 is 1.65 bits per heavy atom. The standard InChI is InChI=1S/C23H22Cl2N2O3S/c1-16-8-9-17(2)22(12-16)31(29,30)27(14-18-6-4-3-5-7-18)15-23(28)26-19-10-11-20(24)21(25)13-19/h3-13H,14-15H2,1-2H3,(H,26,28). The molecule has 0 atom stereocenters. The van der Waals surface area contributed by atoms with Gasteiger partial charge in [0.05, 0.1) is 21.5 Å². The Kier molecular flexibility index (Phi) is 7.38. The minimum absolute atomic E-state index is 0.0609. The van der Waals surface area contributed by atoms with Crippen LogP contribution in [0.5, 0.6) is 0 Å². The molecular weight excluding hydrogens is 455 g/mol. The van der Waals surface area contributed by atoms with Gasteiger partial charge in [-0.2, -0.15) is 4.31 Å². The smallest absolute Gasteiger partial charge is 0.244 e. The normalized spacial score (nSPS) is 11.5. The first-order valence-electron chi connectivity index (χ1n) is 9.53. The molecule has 0 spiro atoms. The quantitative estimate of drug-likeness (QED) is 0.493. The molecule has 0 aliphatic carbocycles. The van der Waals surface area contributed by atoms with Crippen LogP contribution in [0.15, 0.2) is 71.6 Å². The van der Waals surface area contributed by atoms with Crippen LogP contribution in [0.1, 0.15) is 16.7 Å². The van der Waals surface area contributed by atoms with Crippen LogP contribution in [0.3, 0.4) is 0 Å². The fraction of sp³-hybridized carbons (Fsp3) is 0.174. The Hall–Kier alpha value is -2.38. The Bertz CT molecular complexity index is 1200. The summed E-state index contributed by atoms with van der Waals surface area (Å²) in [7, 11) is -3.93. The first kappa shape index (κ1) is 23.3. The van der Waals surface area contributed by atoms with E-state index >= 15 is 0 Å². The van der Waals surface area contributed by atoms with E-state index in [2.05, 4.69) is 5.32 Å². The number of carbonyl (C=O) groups is 1. The lowest BCUT2D eigenvalue weighted by molar-refractivity contribution is -0.116. The molecule has 0 saturated heterocycles. The highest BCUT2D eigenvalue weighted by Crippen LogP contribution is 2.26. The van der Waals surface area contributed by atoms with Crippen molar-refractivity contribution in [3.8, 4) is 0 Å². The summed E-state index contributed by atoms with van der Waals surface area (Å²) < 4.78 is 28.2. The van der Waals surface area contributed by atoms with Gasteiger partial charge >= 0.3 is 0 Å². The van der Waals surface area contributed by atoms with E-state index in [1.165, 1.54) is 10.4 Å². The number of rotatable bonds is 7. The lowest BCUT2D eigenvalue weighted by atomic mass is 10.2. The minimum atomic E-state index is -3.93. The highest BCUT2D eigenvalue weighted by molar-refractivity contribution is 7.89. The second kappa shape index (κ2) is 9.83. The number of anilines is 1. The molecule has 3 rings (SSSR count). The minimum Gasteiger partial charge on any atom is -0.325 e. The van der Waals surface area contributed by atoms with Crippen molar-refractivity contribution in [3.63, 3.8) is 0 Å². The van der Waals surface area contributed by atoms with Gasteiger partial charge in [0.15, 0.2) is 0 Å². The Morgan fingerprint density at radius 1 is 0.935 bits per heavy atom. The molecule has 3 aromatic rings. The molecule has 0 unspecified atom stereocenters. The van der Waals surface area contributed by atoms with Crippen LogP contribution in [0, 0.1) is 13.8 Å². The van der Waals surface area contributed by atoms with Gasteiger partial charge in [-0.05, 0) is 54.8 Å². The Morgan fingerprint density at radius 3 is 2.32 bits per heavy atom. The first-order valence-corrected chi connectivity index (χ1v) is 11.7. The molecular formula is C23H22Cl2N2O3S. The highest BCUT2D eigenvalue weighted by atomic mass is 35.5. The molecule has 1 amide bonds. The number of carbonyl (C=O) groups excluding carboxylic acids is 1. The van der Waals surface area contributed by atoms with Gasteiger partial charge in [0.2, 0.25) is 15.9 Å². The highest BCUT2D eigenvalue weighted by Gasteiger charge is 2.28. The molecule has 0 bridgehead atoms. The van der Waals surface area contributed by atoms with Crippen LogP contribution in [-0.4, -0.2) is 25.2 Å². The van der Waals surface area contributed by atoms with Crippen LogP contribution in [0.4, 0.5) is 5.69 Å². The maximum atomic E-state index is 13.5. The number of hydrogen-bond donors (Lipinski definition) is 1. The van der Waals surface area contributed by atoms with Crippen molar-refractivity contribution >= 4 is 44.8 Å². The zero-order valence-corrected chi connectivity index (χ0v) is 19.4. The predicted octanol–water partition coefficient (Wildman–Crippen LogP) is 5.44. The number of hydrogen-bond acceptors (Lipinski definition) is 3. The van der Waals surface area contributed by atoms with Crippen molar-refractivity contribution in [1.82, 2.24) is 4.31 Å². The summed E-state index contributed by atoms with van der Waals surface area (Å²) in [6.07, 6.45) is 0. The molecule has 0 radical (unpaired) electrons. The molecule has 8 heteroatoms. The molecule has 3 aromatic carbocycles. The molecule has 0 aliphatic rings. The second-order valence-electron chi connectivity index (χ2n) is 7.20. The molecule has 0 aromatic heterocycles. The van der Waals surface area contributed by atoms with Gasteiger partial charge in [-0.15, -0.1) is 0 Å². The summed E-state index contributed by atoms with van der Waals surface area (Å²) in [6, 6.07) is 19.1. The number of sulfonamides is 1. The summed E-state index contributed by atoms with van der Waals surface area (Å²) in [6.45, 7) is 3.27. The third-order valence-corrected chi connectivity index (χ3v) is 7.36. The van der Waals surface area contributed by atoms with Crippen molar-refractivity contribution < 1.29 is 13.2 Å². The van der Waals surface area contributed by atoms with Gasteiger partial charge in [0, 0.05) is 12.2 Å². The summed E-state index contributed by atoms with van der Waals surface area (Å²) >= 11 is 11.9. The van der Waals surface area contributed by atoms with Crippen molar-refractivity contribution in [2.75, 3.05) is 11.9 Å². The third-order valence-electron chi connectivity index (χ3n) is 4.69. The average molecular weight is 477 g/mol. The number of halogens is 2. The molecule has 0 heterocycles. The van der Waals surface area contributed by atoms with E-state index in [1.54, 1.807) is 31.2 Å². The van der Waals surface area contributed by atoms with Crippen molar-refractivity contribution in [2.24, 2.45) is 0 Å². The van der Waals surface area contributed by atoms with E-state index in [9.17, 15) is 13.2 Å². The average Bonchev–Trinajstić information content (AvgIpc) is 2.72. The van der Waals surface area contributed by atoms with Crippen LogP contribution >= 0.6 is 23.2 Å². The molecule has 5 nitrogen and oxygen atoms in total. The lowest BCUT2D eigenvalue weighted by Gasteiger charge is -2.23. The zero-order valence-electron chi connectivity index (χ0n) is 17.1. The number of nitrogens with zero attached hydrogens (tertiary/aromatic N) is 1. The van der Waals surface area contributed by atoms with Gasteiger partial charge in [-0.25, -0.2) is 8.42 Å². The van der Waals surface area contributed by atoms with Crippen LogP contribution in [-0.2, 0) is 21.4 Å². The maximum Gasteiger partial charge on any atom is 0.244 e. The molecule has 0 saturated carbocycles. The third kappa shape index (κ3) is 5.86. The second-order valence-corrected chi connectivity index (χ2v) is 9.93. The largest absolute Gasteiger partial charge is 0.325 e. The summed E-state index contributed by atoms with van der Waals surface area (Å²) in [4.78, 5) is 12.9. The number of benzene rings is 3. The zero-order chi connectivity index (χ0) is 22.6. The number of nitrogens with one attached hydrogen (secondary N) is 1. The first-order chi connectivity index (χ1) is 14.7. The predicted molar refractivity (Wildman–Crippen MR) is 125 cm³/mol. The van der Waals surface area contributed by atoms with Crippen LogP contribution in [0.2, 0.25) is 10.0 Å². The number of aryl methyl sites for hydroxylation is 2. The van der Waals surface area contributed by atoms with Crippen LogP contribution < -0.4 is 5.32 Å². The molecule has 1 N–H and O–H groups in total. The Balaban J connectivity index is 1.91. The van der Waals surface area contributed by atoms with Crippen molar-refractivity contribution in [3.05, 3.63) is 93.5 Å². The molecule has 0 aliphatic heterocycles. The lowest BCUT2D eigenvalue weighted by Crippen LogP contribution is -2.37. The van der Waals surface area contributed by atoms with Gasteiger partial charge in [0.25, 0.3) is 0 Å². The van der Waals surface area contributed by atoms with E-state index in [1.807, 2.05) is 43.3 Å². The van der Waals surface area contributed by atoms with E-state index in [-0.39, 0.29) is 18.0 Å². The van der Waals surface area contributed by atoms with Crippen LogP contribution in [0.25, 0.3) is 0 Å². The SMILES string of the molecule is Cc1ccc(C)c(S(=O)(=O)N(CC(=O)Nc2ccc(Cl)c(Cl)c2)Cc2ccccc2)c1. The topological polar surface area (TPSA) is 66.5 Å². The van der Waals surface area contributed by atoms with E-state index < -0.39 is 15.9 Å². The van der Waals surface area contributed by atoms with E-state index in [4.69, 9.17) is 23.2 Å². The summed E-state index contributed by atoms with van der Waals surface area (Å²) in [5.74, 6) is -0.483. The fourth-order valence-electron chi connectivity index (χ4n) is 3.07. The molecule has 0 fully saturated rings. The van der Waals surface area contributed by atoms with Crippen molar-refractivity contribution in [2.45, 2.75) is 25.3 Å². The van der Waals surface area contributed by atoms with Gasteiger partial charge in [-0.1, -0.05) is 65.7 Å². The fourth-order valence-corrected chi connectivity index (χ4v) is 5.06. The monoisotopic (exact) mass is 476 g/mol. The molecule has 31 heavy (non-hydrogen) atoms. The molecule has 162 valence electrons.